The van der Waals surface area contributed by atoms with Crippen molar-refractivity contribution in [2.45, 2.75) is 90.5 Å². The highest BCUT2D eigenvalue weighted by molar-refractivity contribution is 5.74. The highest BCUT2D eigenvalue weighted by Gasteiger charge is 2.38. The van der Waals surface area contributed by atoms with E-state index in [2.05, 4.69) is 5.32 Å². The van der Waals surface area contributed by atoms with Gasteiger partial charge in [-0.05, 0) is 56.8 Å². The molecule has 0 aromatic carbocycles. The molecule has 0 bridgehead atoms. The van der Waals surface area contributed by atoms with Crippen LogP contribution in [0.1, 0.15) is 84.5 Å². The number of rotatable bonds is 6. The van der Waals surface area contributed by atoms with Crippen molar-refractivity contribution >= 4 is 5.97 Å². The van der Waals surface area contributed by atoms with Crippen LogP contribution in [0.3, 0.4) is 0 Å². The predicted molar refractivity (Wildman–Crippen MR) is 86.4 cm³/mol. The van der Waals surface area contributed by atoms with Crippen LogP contribution in [0.4, 0.5) is 0 Å². The van der Waals surface area contributed by atoms with Gasteiger partial charge in [0.2, 0.25) is 0 Å². The van der Waals surface area contributed by atoms with Crippen molar-refractivity contribution in [3.8, 4) is 0 Å². The lowest BCUT2D eigenvalue weighted by atomic mass is 9.64. The lowest BCUT2D eigenvalue weighted by Crippen LogP contribution is -2.46. The van der Waals surface area contributed by atoms with Gasteiger partial charge in [0.15, 0.2) is 0 Å². The Hall–Kier alpha value is -0.570. The topological polar surface area (TPSA) is 49.3 Å². The fraction of sp³-hybridized carbons (Fsp3) is 0.944. The minimum Gasteiger partial charge on any atom is -0.481 e. The molecule has 0 radical (unpaired) electrons. The van der Waals surface area contributed by atoms with Gasteiger partial charge in [-0.3, -0.25) is 4.79 Å². The highest BCUT2D eigenvalue weighted by Crippen LogP contribution is 2.47. The van der Waals surface area contributed by atoms with Gasteiger partial charge >= 0.3 is 5.97 Å². The second-order valence-electron chi connectivity index (χ2n) is 7.51. The largest absolute Gasteiger partial charge is 0.481 e. The van der Waals surface area contributed by atoms with Gasteiger partial charge in [-0.2, -0.15) is 0 Å². The Balaban J connectivity index is 1.81. The molecule has 21 heavy (non-hydrogen) atoms. The van der Waals surface area contributed by atoms with Crippen LogP contribution in [0.5, 0.6) is 0 Å². The molecule has 122 valence electrons. The molecule has 3 nitrogen and oxygen atoms in total. The maximum atomic E-state index is 11.6. The summed E-state index contributed by atoms with van der Waals surface area (Å²) >= 11 is 0. The van der Waals surface area contributed by atoms with E-state index in [4.69, 9.17) is 0 Å². The molecule has 0 atom stereocenters. The van der Waals surface area contributed by atoms with Crippen LogP contribution in [-0.2, 0) is 4.79 Å². The lowest BCUT2D eigenvalue weighted by Gasteiger charge is -2.43. The van der Waals surface area contributed by atoms with Crippen molar-refractivity contribution in [2.75, 3.05) is 6.54 Å². The molecular formula is C18H33NO2. The molecule has 1 spiro atoms. The molecule has 2 aliphatic carbocycles. The van der Waals surface area contributed by atoms with Crippen LogP contribution in [0.2, 0.25) is 0 Å². The van der Waals surface area contributed by atoms with E-state index < -0.39 is 11.4 Å². The minimum absolute atomic E-state index is 0.536. The van der Waals surface area contributed by atoms with Crippen LogP contribution in [0, 0.1) is 10.8 Å². The van der Waals surface area contributed by atoms with Gasteiger partial charge in [0.25, 0.3) is 0 Å². The van der Waals surface area contributed by atoms with Crippen LogP contribution in [0.15, 0.2) is 0 Å². The smallest absolute Gasteiger partial charge is 0.310 e. The quantitative estimate of drug-likeness (QED) is 0.765. The minimum atomic E-state index is -0.639. The molecule has 0 heterocycles. The number of nitrogens with one attached hydrogen (secondary N) is 1. The molecule has 3 heteroatoms. The summed E-state index contributed by atoms with van der Waals surface area (Å²) in [5, 5.41) is 13.1. The zero-order valence-electron chi connectivity index (χ0n) is 13.9. The van der Waals surface area contributed by atoms with Crippen molar-refractivity contribution < 1.29 is 9.90 Å². The summed E-state index contributed by atoms with van der Waals surface area (Å²) in [5.41, 5.74) is 0.0792. The molecular weight excluding hydrogens is 262 g/mol. The van der Waals surface area contributed by atoms with Crippen molar-refractivity contribution in [3.05, 3.63) is 0 Å². The van der Waals surface area contributed by atoms with E-state index in [0.29, 0.717) is 30.8 Å². The third-order valence-corrected chi connectivity index (χ3v) is 6.50. The summed E-state index contributed by atoms with van der Waals surface area (Å²) in [6, 6.07) is 0.536. The van der Waals surface area contributed by atoms with E-state index in [1.54, 1.807) is 0 Å². The number of hydrogen-bond donors (Lipinski definition) is 2. The maximum absolute atomic E-state index is 11.6. The Morgan fingerprint density at radius 1 is 1.10 bits per heavy atom. The lowest BCUT2D eigenvalue weighted by molar-refractivity contribution is -0.149. The van der Waals surface area contributed by atoms with Crippen LogP contribution < -0.4 is 5.32 Å². The van der Waals surface area contributed by atoms with Crippen molar-refractivity contribution in [1.82, 2.24) is 5.32 Å². The second kappa shape index (κ2) is 7.13. The van der Waals surface area contributed by atoms with Crippen LogP contribution in [0.25, 0.3) is 0 Å². The number of carboxylic acid groups (broad SMARTS) is 1. The maximum Gasteiger partial charge on any atom is 0.310 e. The fourth-order valence-electron chi connectivity index (χ4n) is 4.45. The average Bonchev–Trinajstić information content (AvgIpc) is 2.51. The summed E-state index contributed by atoms with van der Waals surface area (Å²) in [5.74, 6) is -0.639. The SMILES string of the molecule is CCC(CC)(CNC1CCC2(CCCCC2)CC1)C(=O)O. The van der Waals surface area contributed by atoms with E-state index >= 15 is 0 Å². The van der Waals surface area contributed by atoms with Gasteiger partial charge in [-0.15, -0.1) is 0 Å². The Kier molecular flexibility index (Phi) is 5.70. The first kappa shape index (κ1) is 16.8. The average molecular weight is 295 g/mol. The first-order chi connectivity index (χ1) is 10.1. The summed E-state index contributed by atoms with van der Waals surface area (Å²) in [7, 11) is 0. The zero-order chi connectivity index (χ0) is 15.3. The Labute approximate surface area is 129 Å². The first-order valence-electron chi connectivity index (χ1n) is 9.03. The first-order valence-corrected chi connectivity index (χ1v) is 9.03. The van der Waals surface area contributed by atoms with Gasteiger partial charge in [0.05, 0.1) is 5.41 Å². The summed E-state index contributed by atoms with van der Waals surface area (Å²) in [4.78, 5) is 11.6. The van der Waals surface area contributed by atoms with E-state index in [9.17, 15) is 9.90 Å². The number of aliphatic carboxylic acids is 1. The molecule has 2 fully saturated rings. The summed E-state index contributed by atoms with van der Waals surface area (Å²) in [6.07, 6.45) is 13.7. The van der Waals surface area contributed by atoms with E-state index in [1.807, 2.05) is 13.8 Å². The zero-order valence-corrected chi connectivity index (χ0v) is 13.9. The van der Waals surface area contributed by atoms with Crippen molar-refractivity contribution in [1.29, 1.82) is 0 Å². The molecule has 0 saturated heterocycles. The molecule has 2 aliphatic rings. The van der Waals surface area contributed by atoms with Crippen molar-refractivity contribution in [2.24, 2.45) is 10.8 Å². The van der Waals surface area contributed by atoms with E-state index in [1.165, 1.54) is 57.8 Å². The third kappa shape index (κ3) is 3.80. The van der Waals surface area contributed by atoms with E-state index in [-0.39, 0.29) is 0 Å². The standard InChI is InChI=1S/C18H33NO2/c1-3-18(4-2,16(20)21)14-19-15-8-12-17(13-9-15)10-6-5-7-11-17/h15,19H,3-14H2,1-2H3,(H,20,21). The molecule has 0 unspecified atom stereocenters. The van der Waals surface area contributed by atoms with Gasteiger partial charge in [-0.1, -0.05) is 33.1 Å². The monoisotopic (exact) mass is 295 g/mol. The molecule has 2 saturated carbocycles. The highest BCUT2D eigenvalue weighted by atomic mass is 16.4. The molecule has 2 N–H and O–H groups in total. The second-order valence-corrected chi connectivity index (χ2v) is 7.51. The summed E-state index contributed by atoms with van der Waals surface area (Å²) < 4.78 is 0. The number of carbonyl (C=O) groups is 1. The Morgan fingerprint density at radius 2 is 1.67 bits per heavy atom. The number of carboxylic acids is 1. The van der Waals surface area contributed by atoms with Gasteiger partial charge < -0.3 is 10.4 Å². The number of hydrogen-bond acceptors (Lipinski definition) is 2. The van der Waals surface area contributed by atoms with Gasteiger partial charge in [0.1, 0.15) is 0 Å². The summed E-state index contributed by atoms with van der Waals surface area (Å²) in [6.45, 7) is 4.63. The Bertz CT molecular complexity index is 333. The van der Waals surface area contributed by atoms with Crippen LogP contribution in [-0.4, -0.2) is 23.7 Å². The molecule has 0 aromatic rings. The predicted octanol–water partition coefficient (Wildman–Crippen LogP) is 4.36. The van der Waals surface area contributed by atoms with Crippen LogP contribution >= 0.6 is 0 Å². The molecule has 2 rings (SSSR count). The molecule has 0 amide bonds. The van der Waals surface area contributed by atoms with Crippen molar-refractivity contribution in [3.63, 3.8) is 0 Å². The van der Waals surface area contributed by atoms with E-state index in [0.717, 1.165) is 0 Å². The third-order valence-electron chi connectivity index (χ3n) is 6.50. The molecule has 0 aliphatic heterocycles. The van der Waals surface area contributed by atoms with Gasteiger partial charge in [0, 0.05) is 12.6 Å². The fourth-order valence-corrected chi connectivity index (χ4v) is 4.45. The molecule has 0 aromatic heterocycles. The van der Waals surface area contributed by atoms with Gasteiger partial charge in [-0.25, -0.2) is 0 Å². The Morgan fingerprint density at radius 3 is 2.14 bits per heavy atom. The normalized spacial score (nSPS) is 23.3.